The Morgan fingerprint density at radius 3 is 1.66 bits per heavy atom. The third-order valence-corrected chi connectivity index (χ3v) is 10.8. The number of halogens is 2. The van der Waals surface area contributed by atoms with Gasteiger partial charge >= 0.3 is 5.69 Å². The zero-order valence-corrected chi connectivity index (χ0v) is 31.0. The van der Waals surface area contributed by atoms with E-state index >= 15 is 0 Å². The maximum Gasteiger partial charge on any atom is 0.327 e. The summed E-state index contributed by atoms with van der Waals surface area (Å²) in [5.74, 6) is 0.889. The van der Waals surface area contributed by atoms with Gasteiger partial charge in [0.2, 0.25) is 5.15 Å². The highest BCUT2D eigenvalue weighted by Gasteiger charge is 2.44. The molecule has 2 aromatic heterocycles. The van der Waals surface area contributed by atoms with Crippen LogP contribution in [0, 0.1) is 22.0 Å². The van der Waals surface area contributed by atoms with Gasteiger partial charge in [0.1, 0.15) is 17.9 Å². The van der Waals surface area contributed by atoms with Crippen LogP contribution in [0.3, 0.4) is 0 Å². The van der Waals surface area contributed by atoms with Crippen LogP contribution < -0.4 is 5.73 Å². The van der Waals surface area contributed by atoms with Gasteiger partial charge in [-0.1, -0.05) is 60.6 Å². The van der Waals surface area contributed by atoms with Gasteiger partial charge in [0.25, 0.3) is 0 Å². The van der Waals surface area contributed by atoms with Gasteiger partial charge < -0.3 is 45.8 Å². The van der Waals surface area contributed by atoms with E-state index in [-0.39, 0.29) is 60.5 Å². The number of hydrogen-bond donors (Lipinski definition) is 7. The first-order valence-corrected chi connectivity index (χ1v) is 19.0. The van der Waals surface area contributed by atoms with Crippen LogP contribution in [0.4, 0.5) is 11.4 Å². The summed E-state index contributed by atoms with van der Waals surface area (Å²) >= 11 is 14.9. The number of hydrogen-bond acceptors (Lipinski definition) is 17. The summed E-state index contributed by atoms with van der Waals surface area (Å²) in [5.41, 5.74) is 6.61. The Labute approximate surface area is 308 Å². The molecule has 8 atom stereocenters. The zero-order chi connectivity index (χ0) is 37.0. The van der Waals surface area contributed by atoms with Crippen molar-refractivity contribution in [1.82, 2.24) is 19.9 Å². The molecule has 2 heterocycles. The average molecular weight is 786 g/mol. The molecule has 8 N–H and O–H groups in total. The standard InChI is InChI=1S/C15H22ClN3O6S.C15H24ClN3O4S/c1-2-5-26-15-17-9(11(19(23)24)14(16)18-15)6-8-7-10(25-4-3-20)13(22)12(8)21;1-2-5-24-15-18-9(11(17)14(16)19-15)6-8-7-10(23-4-3-20)13(22)12(8)21/h8,10,12-13,20-22H,2-7H2,1H3;8,10,12-13,20-22H,2-7,17H2,1H3/t2*8-,10+,12+,13-/m11/s1. The number of rotatable bonds is 17. The highest BCUT2D eigenvalue weighted by molar-refractivity contribution is 7.99. The van der Waals surface area contributed by atoms with E-state index in [0.29, 0.717) is 41.0 Å². The van der Waals surface area contributed by atoms with Crippen molar-refractivity contribution < 1.29 is 45.0 Å². The summed E-state index contributed by atoms with van der Waals surface area (Å²) < 4.78 is 10.7. The van der Waals surface area contributed by atoms with E-state index in [9.17, 15) is 30.5 Å². The van der Waals surface area contributed by atoms with Crippen molar-refractivity contribution in [2.45, 2.75) is 99.3 Å². The minimum absolute atomic E-state index is 0.0401. The van der Waals surface area contributed by atoms with Gasteiger partial charge in [-0.3, -0.25) is 10.1 Å². The molecular weight excluding hydrogens is 739 g/mol. The van der Waals surface area contributed by atoms with Crippen LogP contribution in [0.25, 0.3) is 0 Å². The van der Waals surface area contributed by atoms with Crippen LogP contribution in [-0.2, 0) is 22.3 Å². The van der Waals surface area contributed by atoms with Gasteiger partial charge in [-0.2, -0.15) is 0 Å². The number of ether oxygens (including phenoxy) is 2. The molecule has 0 radical (unpaired) electrons. The summed E-state index contributed by atoms with van der Waals surface area (Å²) in [6.45, 7) is 3.89. The summed E-state index contributed by atoms with van der Waals surface area (Å²) in [4.78, 5) is 27.6. The lowest BCUT2D eigenvalue weighted by molar-refractivity contribution is -0.386. The van der Waals surface area contributed by atoms with Crippen LogP contribution in [-0.4, -0.2) is 130 Å². The lowest BCUT2D eigenvalue weighted by atomic mass is 9.98. The van der Waals surface area contributed by atoms with Crippen molar-refractivity contribution in [2.75, 3.05) is 43.7 Å². The van der Waals surface area contributed by atoms with E-state index in [1.807, 2.05) is 6.92 Å². The molecule has 4 rings (SSSR count). The summed E-state index contributed by atoms with van der Waals surface area (Å²) in [6, 6.07) is 0. The third kappa shape index (κ3) is 11.7. The number of nitrogens with two attached hydrogens (primary N) is 1. The molecule has 0 spiro atoms. The highest BCUT2D eigenvalue weighted by Crippen LogP contribution is 2.37. The molecule has 2 aliphatic rings. The van der Waals surface area contributed by atoms with Crippen molar-refractivity contribution in [3.8, 4) is 0 Å². The van der Waals surface area contributed by atoms with Gasteiger partial charge in [0, 0.05) is 17.9 Å². The molecule has 2 fully saturated rings. The molecule has 282 valence electrons. The maximum absolute atomic E-state index is 11.4. The fraction of sp³-hybridized carbons (Fsp3) is 0.733. The van der Waals surface area contributed by atoms with E-state index in [4.69, 9.17) is 48.6 Å². The first-order chi connectivity index (χ1) is 23.9. The van der Waals surface area contributed by atoms with Crippen LogP contribution in [0.1, 0.15) is 50.9 Å². The van der Waals surface area contributed by atoms with Crippen molar-refractivity contribution >= 4 is 58.1 Å². The molecule has 2 saturated carbocycles. The Hall–Kier alpha value is -1.68. The number of aliphatic hydroxyl groups excluding tert-OH is 6. The number of nitro groups is 1. The van der Waals surface area contributed by atoms with Gasteiger partial charge in [-0.15, -0.1) is 0 Å². The molecule has 0 amide bonds. The normalized spacial score (nSPS) is 26.2. The van der Waals surface area contributed by atoms with Crippen LogP contribution in [0.2, 0.25) is 10.3 Å². The zero-order valence-electron chi connectivity index (χ0n) is 27.8. The molecule has 2 aliphatic carbocycles. The Morgan fingerprint density at radius 1 is 0.780 bits per heavy atom. The van der Waals surface area contributed by atoms with Gasteiger partial charge in [0.05, 0.1) is 67.1 Å². The smallest absolute Gasteiger partial charge is 0.327 e. The molecule has 16 nitrogen and oxygen atoms in total. The van der Waals surface area contributed by atoms with Crippen molar-refractivity contribution in [1.29, 1.82) is 0 Å². The molecule has 0 bridgehead atoms. The van der Waals surface area contributed by atoms with Crippen LogP contribution in [0.15, 0.2) is 10.3 Å². The highest BCUT2D eigenvalue weighted by atomic mass is 35.5. The molecule has 0 unspecified atom stereocenters. The van der Waals surface area contributed by atoms with E-state index in [2.05, 4.69) is 26.9 Å². The van der Waals surface area contributed by atoms with Gasteiger partial charge in [-0.25, -0.2) is 19.9 Å². The molecule has 20 heteroatoms. The Balaban J connectivity index is 0.000000271. The van der Waals surface area contributed by atoms with Crippen molar-refractivity contribution in [3.05, 3.63) is 31.8 Å². The molecule has 0 aromatic carbocycles. The van der Waals surface area contributed by atoms with Crippen molar-refractivity contribution in [2.24, 2.45) is 11.8 Å². The van der Waals surface area contributed by atoms with Gasteiger partial charge in [-0.05, 0) is 43.9 Å². The summed E-state index contributed by atoms with van der Waals surface area (Å²) in [7, 11) is 0. The predicted molar refractivity (Wildman–Crippen MR) is 188 cm³/mol. The second-order valence-electron chi connectivity index (χ2n) is 11.8. The number of nitrogens with zero attached hydrogens (tertiary/aromatic N) is 5. The quantitative estimate of drug-likeness (QED) is 0.0398. The minimum Gasteiger partial charge on any atom is -0.395 e. The number of thioether (sulfide) groups is 2. The lowest BCUT2D eigenvalue weighted by Crippen LogP contribution is -2.33. The average Bonchev–Trinajstić information content (AvgIpc) is 3.50. The predicted octanol–water partition coefficient (Wildman–Crippen LogP) is 2.08. The van der Waals surface area contributed by atoms with E-state index in [1.54, 1.807) is 0 Å². The fourth-order valence-electron chi connectivity index (χ4n) is 5.71. The Kier molecular flexibility index (Phi) is 18.1. The SMILES string of the molecule is CCCSc1nc(Cl)c(N)c(C[C@@H]2C[C@H](OCCO)[C@@H](O)[C@H]2O)n1.CCCSc1nc(Cl)c([N+](=O)[O-])c(C[C@@H]2C[C@H](OCCO)[C@@H](O)[C@H]2O)n1. The second kappa shape index (κ2) is 21.1. The van der Waals surface area contributed by atoms with Crippen molar-refractivity contribution in [3.63, 3.8) is 0 Å². The van der Waals surface area contributed by atoms with E-state index in [1.165, 1.54) is 23.5 Å². The van der Waals surface area contributed by atoms with E-state index in [0.717, 1.165) is 24.3 Å². The molecule has 2 aromatic rings. The molecular formula is C30H46Cl2N6O10S2. The molecule has 0 saturated heterocycles. The Bertz CT molecular complexity index is 1390. The summed E-state index contributed by atoms with van der Waals surface area (Å²) in [5, 5.41) is 70.6. The number of aromatic nitrogens is 4. The van der Waals surface area contributed by atoms with Crippen LogP contribution >= 0.6 is 46.7 Å². The van der Waals surface area contributed by atoms with Crippen LogP contribution in [0.5, 0.6) is 0 Å². The first-order valence-electron chi connectivity index (χ1n) is 16.3. The number of nitrogen functional groups attached to an aromatic ring is 1. The number of anilines is 1. The second-order valence-corrected chi connectivity index (χ2v) is 14.7. The fourth-order valence-corrected chi connectivity index (χ4v) is 7.69. The number of aliphatic hydroxyl groups is 6. The minimum atomic E-state index is -1.13. The maximum atomic E-state index is 11.4. The monoisotopic (exact) mass is 784 g/mol. The molecule has 50 heavy (non-hydrogen) atoms. The molecule has 0 aliphatic heterocycles. The largest absolute Gasteiger partial charge is 0.395 e. The third-order valence-electron chi connectivity index (χ3n) is 8.16. The topological polar surface area (TPSA) is 261 Å². The van der Waals surface area contributed by atoms with E-state index < -0.39 is 47.5 Å². The first kappa shape index (κ1) is 42.7. The summed E-state index contributed by atoms with van der Waals surface area (Å²) in [6.07, 6.45) is -2.26. The van der Waals surface area contributed by atoms with Gasteiger partial charge in [0.15, 0.2) is 15.5 Å². The Morgan fingerprint density at radius 2 is 1.22 bits per heavy atom. The lowest BCUT2D eigenvalue weighted by Gasteiger charge is -2.17.